The van der Waals surface area contributed by atoms with Gasteiger partial charge in [0, 0.05) is 10.4 Å². The average molecular weight is 442 g/mol. The van der Waals surface area contributed by atoms with E-state index in [0.717, 1.165) is 27.2 Å². The zero-order chi connectivity index (χ0) is 22.7. The number of carboxylic acids is 1. The molecule has 0 radical (unpaired) electrons. The van der Waals surface area contributed by atoms with Crippen molar-refractivity contribution in [2.24, 2.45) is 11.8 Å². The number of benzene rings is 1. The van der Waals surface area contributed by atoms with Gasteiger partial charge in [0.05, 0.1) is 18.4 Å². The third-order valence-corrected chi connectivity index (χ3v) is 6.80. The van der Waals surface area contributed by atoms with Gasteiger partial charge in [-0.2, -0.15) is 0 Å². The summed E-state index contributed by atoms with van der Waals surface area (Å²) >= 11 is 1.30. The molecule has 1 aliphatic rings. The number of rotatable bonds is 6. The lowest BCUT2D eigenvalue weighted by atomic mass is 9.76. The molecule has 31 heavy (non-hydrogen) atoms. The Morgan fingerprint density at radius 3 is 2.26 bits per heavy atom. The van der Waals surface area contributed by atoms with Gasteiger partial charge in [0.15, 0.2) is 0 Å². The van der Waals surface area contributed by atoms with E-state index in [4.69, 9.17) is 4.74 Å². The summed E-state index contributed by atoms with van der Waals surface area (Å²) in [4.78, 5) is 38.7. The van der Waals surface area contributed by atoms with E-state index >= 15 is 0 Å². The molecule has 1 heterocycles. The highest BCUT2D eigenvalue weighted by molar-refractivity contribution is 7.17. The molecule has 6 nitrogen and oxygen atoms in total. The number of allylic oxidation sites excluding steroid dienone is 2. The standard InChI is InChI=1S/C24H27NO5S/c1-5-30-24(29)20-19(16-9-7-6-8-10-16)15(4)31-22(20)25-21(26)17-11-13(2)14(3)12-18(17)23(27)28/h6-10,17-18H,5,11-12H2,1-4H3,(H,25,26)(H,27,28)/t17-,18-/m1/s1. The predicted molar refractivity (Wildman–Crippen MR) is 121 cm³/mol. The quantitative estimate of drug-likeness (QED) is 0.470. The summed E-state index contributed by atoms with van der Waals surface area (Å²) in [6.07, 6.45) is 0.738. The number of anilines is 1. The molecule has 1 amide bonds. The summed E-state index contributed by atoms with van der Waals surface area (Å²) in [7, 11) is 0. The lowest BCUT2D eigenvalue weighted by Crippen LogP contribution is -2.36. The van der Waals surface area contributed by atoms with Crippen molar-refractivity contribution in [2.75, 3.05) is 11.9 Å². The topological polar surface area (TPSA) is 92.7 Å². The molecule has 3 rings (SSSR count). The third-order valence-electron chi connectivity index (χ3n) is 5.78. The second-order valence-electron chi connectivity index (χ2n) is 7.83. The van der Waals surface area contributed by atoms with Crippen LogP contribution in [0.2, 0.25) is 0 Å². The number of carbonyl (C=O) groups excluding carboxylic acids is 2. The van der Waals surface area contributed by atoms with Gasteiger partial charge in [-0.1, -0.05) is 41.5 Å². The van der Waals surface area contributed by atoms with E-state index in [1.54, 1.807) is 6.92 Å². The molecular weight excluding hydrogens is 414 g/mol. The molecule has 0 fully saturated rings. The molecule has 0 spiro atoms. The SMILES string of the molecule is CCOC(=O)c1c(NC(=O)[C@@H]2CC(C)=C(C)C[C@H]2C(=O)O)sc(C)c1-c1ccccc1. The summed E-state index contributed by atoms with van der Waals surface area (Å²) < 4.78 is 5.28. The van der Waals surface area contributed by atoms with Crippen molar-refractivity contribution in [2.45, 2.75) is 40.5 Å². The van der Waals surface area contributed by atoms with Crippen LogP contribution in [0.25, 0.3) is 11.1 Å². The highest BCUT2D eigenvalue weighted by Gasteiger charge is 2.38. The maximum absolute atomic E-state index is 13.2. The second-order valence-corrected chi connectivity index (χ2v) is 9.06. The van der Waals surface area contributed by atoms with Crippen LogP contribution in [0.15, 0.2) is 41.5 Å². The largest absolute Gasteiger partial charge is 0.481 e. The molecule has 164 valence electrons. The minimum Gasteiger partial charge on any atom is -0.481 e. The normalized spacial score (nSPS) is 18.6. The van der Waals surface area contributed by atoms with Crippen LogP contribution in [0.1, 0.15) is 48.8 Å². The second kappa shape index (κ2) is 9.47. The van der Waals surface area contributed by atoms with Crippen molar-refractivity contribution >= 4 is 34.2 Å². The monoisotopic (exact) mass is 441 g/mol. The van der Waals surface area contributed by atoms with E-state index in [1.807, 2.05) is 51.1 Å². The van der Waals surface area contributed by atoms with E-state index in [9.17, 15) is 19.5 Å². The molecule has 0 unspecified atom stereocenters. The number of thiophene rings is 1. The zero-order valence-electron chi connectivity index (χ0n) is 18.2. The first-order chi connectivity index (χ1) is 14.7. The van der Waals surface area contributed by atoms with Gasteiger partial charge in [-0.3, -0.25) is 9.59 Å². The summed E-state index contributed by atoms with van der Waals surface area (Å²) in [5, 5.41) is 12.9. The van der Waals surface area contributed by atoms with Crippen LogP contribution in [0.5, 0.6) is 0 Å². The van der Waals surface area contributed by atoms with Crippen molar-refractivity contribution in [3.63, 3.8) is 0 Å². The number of hydrogen-bond acceptors (Lipinski definition) is 5. The number of carbonyl (C=O) groups is 3. The van der Waals surface area contributed by atoms with E-state index in [0.29, 0.717) is 23.4 Å². The number of hydrogen-bond donors (Lipinski definition) is 2. The lowest BCUT2D eigenvalue weighted by Gasteiger charge is -2.29. The Labute approximate surface area is 185 Å². The molecule has 2 aromatic rings. The molecule has 0 saturated heterocycles. The van der Waals surface area contributed by atoms with Gasteiger partial charge in [0.25, 0.3) is 0 Å². The fraction of sp³-hybridized carbons (Fsp3) is 0.375. The average Bonchev–Trinajstić information content (AvgIpc) is 3.05. The van der Waals surface area contributed by atoms with Crippen molar-refractivity contribution in [3.05, 3.63) is 51.9 Å². The summed E-state index contributed by atoms with van der Waals surface area (Å²) in [6, 6.07) is 9.47. The smallest absolute Gasteiger partial charge is 0.341 e. The van der Waals surface area contributed by atoms with Crippen molar-refractivity contribution < 1.29 is 24.2 Å². The first-order valence-electron chi connectivity index (χ1n) is 10.3. The van der Waals surface area contributed by atoms with Gasteiger partial charge in [0.1, 0.15) is 10.6 Å². The zero-order valence-corrected chi connectivity index (χ0v) is 19.0. The number of nitrogens with one attached hydrogen (secondary N) is 1. The van der Waals surface area contributed by atoms with Crippen LogP contribution in [-0.4, -0.2) is 29.6 Å². The summed E-state index contributed by atoms with van der Waals surface area (Å²) in [5.74, 6) is -3.36. The van der Waals surface area contributed by atoms with Crippen molar-refractivity contribution in [3.8, 4) is 11.1 Å². The summed E-state index contributed by atoms with van der Waals surface area (Å²) in [5.41, 5.74) is 3.95. The van der Waals surface area contributed by atoms with E-state index in [-0.39, 0.29) is 12.5 Å². The molecule has 2 atom stereocenters. The third kappa shape index (κ3) is 4.71. The maximum atomic E-state index is 13.2. The number of ether oxygens (including phenoxy) is 1. The van der Waals surface area contributed by atoms with E-state index < -0.39 is 23.8 Å². The molecular formula is C24H27NO5S. The Morgan fingerprint density at radius 2 is 1.68 bits per heavy atom. The van der Waals surface area contributed by atoms with E-state index in [1.165, 1.54) is 11.3 Å². The number of aryl methyl sites for hydroxylation is 1. The van der Waals surface area contributed by atoms with Gasteiger partial charge < -0.3 is 15.2 Å². The highest BCUT2D eigenvalue weighted by atomic mass is 32.1. The first kappa shape index (κ1) is 22.7. The van der Waals surface area contributed by atoms with Crippen LogP contribution < -0.4 is 5.32 Å². The Balaban J connectivity index is 2.00. The molecule has 0 bridgehead atoms. The molecule has 0 saturated carbocycles. The van der Waals surface area contributed by atoms with Gasteiger partial charge in [-0.25, -0.2) is 4.79 Å². The molecule has 1 aromatic heterocycles. The first-order valence-corrected chi connectivity index (χ1v) is 11.1. The molecule has 0 aliphatic heterocycles. The van der Waals surface area contributed by atoms with Gasteiger partial charge in [0.2, 0.25) is 5.91 Å². The Morgan fingerprint density at radius 1 is 1.06 bits per heavy atom. The van der Waals surface area contributed by atoms with Crippen molar-refractivity contribution in [1.29, 1.82) is 0 Å². The molecule has 1 aliphatic carbocycles. The van der Waals surface area contributed by atoms with Crippen LogP contribution in [-0.2, 0) is 14.3 Å². The fourth-order valence-corrected chi connectivity index (χ4v) is 5.08. The number of esters is 1. The Bertz CT molecular complexity index is 1040. The Kier molecular flexibility index (Phi) is 6.95. The lowest BCUT2D eigenvalue weighted by molar-refractivity contribution is -0.146. The van der Waals surface area contributed by atoms with Gasteiger partial charge in [-0.15, -0.1) is 11.3 Å². The summed E-state index contributed by atoms with van der Waals surface area (Å²) in [6.45, 7) is 7.67. The van der Waals surface area contributed by atoms with Crippen LogP contribution in [0.4, 0.5) is 5.00 Å². The minimum absolute atomic E-state index is 0.211. The van der Waals surface area contributed by atoms with Gasteiger partial charge in [-0.05, 0) is 46.1 Å². The van der Waals surface area contributed by atoms with Crippen molar-refractivity contribution in [1.82, 2.24) is 0 Å². The maximum Gasteiger partial charge on any atom is 0.341 e. The molecule has 7 heteroatoms. The number of aliphatic carboxylic acids is 1. The van der Waals surface area contributed by atoms with E-state index in [2.05, 4.69) is 5.32 Å². The predicted octanol–water partition coefficient (Wildman–Crippen LogP) is 5.29. The van der Waals surface area contributed by atoms with Crippen LogP contribution in [0, 0.1) is 18.8 Å². The molecule has 2 N–H and O–H groups in total. The highest BCUT2D eigenvalue weighted by Crippen LogP contribution is 2.42. The minimum atomic E-state index is -0.982. The van der Waals surface area contributed by atoms with Crippen LogP contribution >= 0.6 is 11.3 Å². The van der Waals surface area contributed by atoms with Crippen LogP contribution in [0.3, 0.4) is 0 Å². The fourth-order valence-electron chi connectivity index (χ4n) is 4.02. The molecule has 1 aromatic carbocycles. The van der Waals surface area contributed by atoms with Gasteiger partial charge >= 0.3 is 11.9 Å². The Hall–Kier alpha value is -2.93. The number of carboxylic acid groups (broad SMARTS) is 1. The number of amides is 1.